The quantitative estimate of drug-likeness (QED) is 0.280. The van der Waals surface area contributed by atoms with Crippen molar-refractivity contribution in [1.29, 1.82) is 0 Å². The van der Waals surface area contributed by atoms with Crippen LogP contribution in [0.5, 0.6) is 5.75 Å². The van der Waals surface area contributed by atoms with Crippen LogP contribution in [0, 0.1) is 0 Å². The lowest BCUT2D eigenvalue weighted by molar-refractivity contribution is 0.0940. The molecule has 0 radical (unpaired) electrons. The maximum Gasteiger partial charge on any atom is 0.264 e. The van der Waals surface area contributed by atoms with Crippen molar-refractivity contribution in [3.63, 3.8) is 0 Å². The summed E-state index contributed by atoms with van der Waals surface area (Å²) < 4.78 is 34.5. The Morgan fingerprint density at radius 2 is 1.59 bits per heavy atom. The number of fused-ring (bicyclic) bond motifs is 1. The molecule has 39 heavy (non-hydrogen) atoms. The molecule has 7 heteroatoms. The number of para-hydroxylation sites is 1. The van der Waals surface area contributed by atoms with Gasteiger partial charge in [-0.15, -0.1) is 0 Å². The molecule has 200 valence electrons. The Kier molecular flexibility index (Phi) is 7.70. The molecular formula is C32H32N2O4S. The first-order chi connectivity index (χ1) is 18.9. The minimum absolute atomic E-state index is 0.0693. The summed E-state index contributed by atoms with van der Waals surface area (Å²) in [5, 5.41) is 3.09. The summed E-state index contributed by atoms with van der Waals surface area (Å²) in [6.07, 6.45) is 3.32. The molecular weight excluding hydrogens is 508 g/mol. The summed E-state index contributed by atoms with van der Waals surface area (Å²) in [7, 11) is -2.49. The number of nitrogens with one attached hydrogen (secondary N) is 1. The minimum atomic E-state index is -4.02. The van der Waals surface area contributed by atoms with Gasteiger partial charge in [0.1, 0.15) is 5.75 Å². The Bertz CT molecular complexity index is 1570. The molecule has 0 heterocycles. The second-order valence-corrected chi connectivity index (χ2v) is 11.6. The molecule has 0 saturated heterocycles. The number of rotatable bonds is 9. The summed E-state index contributed by atoms with van der Waals surface area (Å²) in [5.41, 5.74) is 5.16. The predicted molar refractivity (Wildman–Crippen MR) is 154 cm³/mol. The van der Waals surface area contributed by atoms with E-state index in [2.05, 4.69) is 23.5 Å². The zero-order valence-electron chi connectivity index (χ0n) is 22.1. The number of carbonyl (C=O) groups excluding carboxylic acids is 1. The number of hydrogen-bond acceptors (Lipinski definition) is 4. The highest BCUT2D eigenvalue weighted by Gasteiger charge is 2.29. The lowest BCUT2D eigenvalue weighted by atomic mass is 10.0. The molecule has 1 amide bonds. The maximum atomic E-state index is 14.0. The van der Waals surface area contributed by atoms with Crippen LogP contribution in [0.2, 0.25) is 0 Å². The predicted octanol–water partition coefficient (Wildman–Crippen LogP) is 6.07. The first kappa shape index (κ1) is 26.5. The van der Waals surface area contributed by atoms with E-state index in [0.717, 1.165) is 30.4 Å². The number of nitrogens with zero attached hydrogens (tertiary/aromatic N) is 1. The highest BCUT2D eigenvalue weighted by atomic mass is 32.2. The van der Waals surface area contributed by atoms with Gasteiger partial charge < -0.3 is 10.1 Å². The molecule has 1 aliphatic rings. The summed E-state index contributed by atoms with van der Waals surface area (Å²) in [6.45, 7) is 2.02. The molecule has 0 unspecified atom stereocenters. The minimum Gasteiger partial charge on any atom is -0.497 e. The van der Waals surface area contributed by atoms with Gasteiger partial charge in [-0.3, -0.25) is 9.10 Å². The molecule has 4 aromatic carbocycles. The second kappa shape index (κ2) is 11.3. The van der Waals surface area contributed by atoms with E-state index < -0.39 is 10.0 Å². The Morgan fingerprint density at radius 1 is 0.897 bits per heavy atom. The molecule has 0 aromatic heterocycles. The maximum absolute atomic E-state index is 14.0. The van der Waals surface area contributed by atoms with Crippen LogP contribution >= 0.6 is 0 Å². The number of sulfonamides is 1. The monoisotopic (exact) mass is 540 g/mol. The van der Waals surface area contributed by atoms with Gasteiger partial charge >= 0.3 is 0 Å². The molecule has 4 aromatic rings. The second-order valence-electron chi connectivity index (χ2n) is 9.77. The SMILES string of the molecule is COc1ccc(S(=O)(=O)N(Cc2ccccc2)c2ccccc2C(=O)N[C@@H](C)c2ccc3c(c2)CCC3)cc1. The number of hydrogen-bond donors (Lipinski definition) is 1. The fraction of sp³-hybridized carbons (Fsp3) is 0.219. The smallest absolute Gasteiger partial charge is 0.264 e. The van der Waals surface area contributed by atoms with Crippen molar-refractivity contribution in [2.24, 2.45) is 0 Å². The van der Waals surface area contributed by atoms with Crippen LogP contribution in [-0.2, 0) is 29.4 Å². The van der Waals surface area contributed by atoms with E-state index in [0.29, 0.717) is 17.0 Å². The molecule has 5 rings (SSSR count). The summed E-state index contributed by atoms with van der Waals surface area (Å²) >= 11 is 0. The van der Waals surface area contributed by atoms with E-state index in [1.54, 1.807) is 36.4 Å². The highest BCUT2D eigenvalue weighted by molar-refractivity contribution is 7.92. The molecule has 0 fully saturated rings. The van der Waals surface area contributed by atoms with Gasteiger partial charge in [0.15, 0.2) is 0 Å². The largest absolute Gasteiger partial charge is 0.497 e. The number of aryl methyl sites for hydroxylation is 2. The number of carbonyl (C=O) groups is 1. The van der Waals surface area contributed by atoms with E-state index in [9.17, 15) is 13.2 Å². The lowest BCUT2D eigenvalue weighted by Gasteiger charge is -2.27. The van der Waals surface area contributed by atoms with Crippen LogP contribution in [0.1, 0.15) is 52.0 Å². The summed E-state index contributed by atoms with van der Waals surface area (Å²) in [5.74, 6) is 0.227. The summed E-state index contributed by atoms with van der Waals surface area (Å²) in [6, 6.07) is 28.6. The molecule has 0 aliphatic heterocycles. The Balaban J connectivity index is 1.50. The molecule has 1 atom stereocenters. The van der Waals surface area contributed by atoms with Gasteiger partial charge in [0.2, 0.25) is 0 Å². The average Bonchev–Trinajstić information content (AvgIpc) is 3.44. The van der Waals surface area contributed by atoms with Crippen LogP contribution in [0.3, 0.4) is 0 Å². The molecule has 6 nitrogen and oxygen atoms in total. The van der Waals surface area contributed by atoms with Gasteiger partial charge in [0, 0.05) is 0 Å². The van der Waals surface area contributed by atoms with Crippen LogP contribution in [-0.4, -0.2) is 21.4 Å². The first-order valence-corrected chi connectivity index (χ1v) is 14.5. The average molecular weight is 541 g/mol. The van der Waals surface area contributed by atoms with E-state index in [4.69, 9.17) is 4.74 Å². The molecule has 0 spiro atoms. The summed E-state index contributed by atoms with van der Waals surface area (Å²) in [4.78, 5) is 13.7. The van der Waals surface area contributed by atoms with Gasteiger partial charge in [-0.25, -0.2) is 8.42 Å². The lowest BCUT2D eigenvalue weighted by Crippen LogP contribution is -2.34. The fourth-order valence-corrected chi connectivity index (χ4v) is 6.50. The molecule has 1 N–H and O–H groups in total. The standard InChI is InChI=1S/C32H32N2O4S/c1-23(26-16-15-25-11-8-12-27(25)21-26)33-32(35)30-13-6-7-14-31(30)34(22-24-9-4-3-5-10-24)39(36,37)29-19-17-28(38-2)18-20-29/h3-7,9-10,13-21,23H,8,11-12,22H2,1-2H3,(H,33,35)/t23-/m0/s1. The van der Waals surface area contributed by atoms with Gasteiger partial charge in [-0.2, -0.15) is 0 Å². The van der Waals surface area contributed by atoms with Crippen molar-refractivity contribution in [3.8, 4) is 5.75 Å². The zero-order valence-corrected chi connectivity index (χ0v) is 22.9. The Morgan fingerprint density at radius 3 is 2.33 bits per heavy atom. The zero-order chi connectivity index (χ0) is 27.4. The van der Waals surface area contributed by atoms with Gasteiger partial charge in [-0.05, 0) is 84.8 Å². The third-order valence-electron chi connectivity index (χ3n) is 7.20. The molecule has 1 aliphatic carbocycles. The number of methoxy groups -OCH3 is 1. The van der Waals surface area contributed by atoms with Gasteiger partial charge in [0.05, 0.1) is 35.8 Å². The van der Waals surface area contributed by atoms with Crippen molar-refractivity contribution >= 4 is 21.6 Å². The number of benzene rings is 4. The van der Waals surface area contributed by atoms with Crippen LogP contribution in [0.25, 0.3) is 0 Å². The van der Waals surface area contributed by atoms with Crippen LogP contribution in [0.4, 0.5) is 5.69 Å². The van der Waals surface area contributed by atoms with E-state index in [1.165, 1.54) is 34.7 Å². The van der Waals surface area contributed by atoms with Crippen LogP contribution in [0.15, 0.2) is 102 Å². The number of ether oxygens (including phenoxy) is 1. The van der Waals surface area contributed by atoms with Crippen molar-refractivity contribution in [2.75, 3.05) is 11.4 Å². The third-order valence-corrected chi connectivity index (χ3v) is 8.98. The van der Waals surface area contributed by atoms with Gasteiger partial charge in [-0.1, -0.05) is 60.7 Å². The van der Waals surface area contributed by atoms with Crippen LogP contribution < -0.4 is 14.4 Å². The van der Waals surface area contributed by atoms with Crippen molar-refractivity contribution in [3.05, 3.63) is 125 Å². The normalized spacial score (nSPS) is 13.4. The Hall–Kier alpha value is -4.10. The third kappa shape index (κ3) is 5.68. The Labute approximate surface area is 230 Å². The fourth-order valence-electron chi connectivity index (χ4n) is 5.03. The van der Waals surface area contributed by atoms with E-state index in [1.807, 2.05) is 37.3 Å². The van der Waals surface area contributed by atoms with Crippen molar-refractivity contribution in [1.82, 2.24) is 5.32 Å². The van der Waals surface area contributed by atoms with Crippen molar-refractivity contribution < 1.29 is 17.9 Å². The number of amides is 1. The molecule has 0 saturated carbocycles. The van der Waals surface area contributed by atoms with E-state index in [-0.39, 0.29) is 23.4 Å². The van der Waals surface area contributed by atoms with Gasteiger partial charge in [0.25, 0.3) is 15.9 Å². The van der Waals surface area contributed by atoms with E-state index >= 15 is 0 Å². The first-order valence-electron chi connectivity index (χ1n) is 13.1. The topological polar surface area (TPSA) is 75.7 Å². The van der Waals surface area contributed by atoms with Crippen molar-refractivity contribution in [2.45, 2.75) is 43.7 Å². The highest BCUT2D eigenvalue weighted by Crippen LogP contribution is 2.31. The molecule has 0 bridgehead atoms. The number of anilines is 1.